The van der Waals surface area contributed by atoms with Gasteiger partial charge in [0, 0.05) is 5.69 Å². The third-order valence-corrected chi connectivity index (χ3v) is 3.08. The minimum absolute atomic E-state index is 0.134. The minimum atomic E-state index is -0.134. The highest BCUT2D eigenvalue weighted by Gasteiger charge is 2.04. The fourth-order valence-electron chi connectivity index (χ4n) is 1.19. The lowest BCUT2D eigenvalue weighted by Gasteiger charge is -2.07. The molecule has 0 saturated heterocycles. The van der Waals surface area contributed by atoms with Crippen molar-refractivity contribution in [3.63, 3.8) is 0 Å². The molecule has 0 atom stereocenters. The molecule has 0 bridgehead atoms. The normalized spacial score (nSPS) is 11.3. The van der Waals surface area contributed by atoms with Crippen LogP contribution < -0.4 is 16.9 Å². The molecule has 17 heavy (non-hydrogen) atoms. The number of hydrogen-bond acceptors (Lipinski definition) is 4. The average Bonchev–Trinajstić information content (AvgIpc) is 2.31. The van der Waals surface area contributed by atoms with Gasteiger partial charge >= 0.3 is 0 Å². The van der Waals surface area contributed by atoms with Gasteiger partial charge in [0.15, 0.2) is 5.17 Å². The van der Waals surface area contributed by atoms with Gasteiger partial charge in [-0.15, -0.1) is 0 Å². The molecule has 0 heterocycles. The smallest absolute Gasteiger partial charge is 0.234 e. The van der Waals surface area contributed by atoms with E-state index in [-0.39, 0.29) is 16.8 Å². The van der Waals surface area contributed by atoms with Crippen molar-refractivity contribution in [1.29, 1.82) is 0 Å². The maximum atomic E-state index is 11.5. The van der Waals surface area contributed by atoms with E-state index in [9.17, 15) is 4.79 Å². The lowest BCUT2D eigenvalue weighted by Crippen LogP contribution is -2.18. The molecule has 1 amide bonds. The molecule has 0 saturated carbocycles. The Hall–Kier alpha value is -1.69. The minimum Gasteiger partial charge on any atom is -0.377 e. The summed E-state index contributed by atoms with van der Waals surface area (Å²) in [5, 5.41) is 6.24. The summed E-state index contributed by atoms with van der Waals surface area (Å²) in [7, 11) is 0. The van der Waals surface area contributed by atoms with Gasteiger partial charge in [0.1, 0.15) is 0 Å². The van der Waals surface area contributed by atoms with Crippen LogP contribution in [-0.2, 0) is 4.79 Å². The van der Waals surface area contributed by atoms with Gasteiger partial charge in [-0.25, -0.2) is 0 Å². The highest BCUT2D eigenvalue weighted by atomic mass is 32.2. The monoisotopic (exact) mass is 252 g/mol. The van der Waals surface area contributed by atoms with E-state index < -0.39 is 0 Å². The zero-order chi connectivity index (χ0) is 12.8. The highest BCUT2D eigenvalue weighted by Crippen LogP contribution is 2.14. The van der Waals surface area contributed by atoms with E-state index in [1.54, 1.807) is 0 Å². The van der Waals surface area contributed by atoms with Gasteiger partial charge in [-0.1, -0.05) is 17.8 Å². The fraction of sp³-hybridized carbons (Fsp3) is 0.273. The molecular formula is C11H16N4OS. The lowest BCUT2D eigenvalue weighted by molar-refractivity contribution is -0.113. The molecule has 0 fully saturated rings. The molecule has 1 aromatic carbocycles. The van der Waals surface area contributed by atoms with Gasteiger partial charge in [-0.3, -0.25) is 4.79 Å². The molecule has 0 aliphatic heterocycles. The van der Waals surface area contributed by atoms with E-state index in [0.29, 0.717) is 0 Å². The van der Waals surface area contributed by atoms with Crippen molar-refractivity contribution in [3.8, 4) is 0 Å². The van der Waals surface area contributed by atoms with Crippen LogP contribution in [0.2, 0.25) is 0 Å². The summed E-state index contributed by atoms with van der Waals surface area (Å²) in [5.41, 5.74) is 8.48. The summed E-state index contributed by atoms with van der Waals surface area (Å²) in [6.07, 6.45) is 0. The maximum Gasteiger partial charge on any atom is 0.234 e. The number of thioether (sulfide) groups is 1. The third kappa shape index (κ3) is 4.36. The molecule has 0 spiro atoms. The molecule has 5 N–H and O–H groups in total. The summed E-state index contributed by atoms with van der Waals surface area (Å²) in [6, 6.07) is 5.76. The Bertz CT molecular complexity index is 445. The Morgan fingerprint density at radius 3 is 2.71 bits per heavy atom. The number of nitrogens with one attached hydrogen (secondary N) is 1. The van der Waals surface area contributed by atoms with Crippen LogP contribution in [0.15, 0.2) is 23.3 Å². The van der Waals surface area contributed by atoms with E-state index in [0.717, 1.165) is 23.0 Å². The van der Waals surface area contributed by atoms with Crippen molar-refractivity contribution in [1.82, 2.24) is 0 Å². The molecule has 0 radical (unpaired) electrons. The topological polar surface area (TPSA) is 93.5 Å². The first-order chi connectivity index (χ1) is 8.02. The quantitative estimate of drug-likeness (QED) is 0.326. The second-order valence-corrected chi connectivity index (χ2v) is 4.60. The number of anilines is 1. The van der Waals surface area contributed by atoms with Crippen LogP contribution in [0.4, 0.5) is 5.69 Å². The number of carbonyl (C=O) groups is 1. The summed E-state index contributed by atoms with van der Waals surface area (Å²) in [5.74, 6) is 5.02. The first-order valence-corrected chi connectivity index (χ1v) is 6.04. The van der Waals surface area contributed by atoms with Gasteiger partial charge in [0.05, 0.1) is 5.75 Å². The van der Waals surface area contributed by atoms with Crippen LogP contribution in [-0.4, -0.2) is 16.8 Å². The lowest BCUT2D eigenvalue weighted by atomic mass is 10.1. The van der Waals surface area contributed by atoms with Crippen molar-refractivity contribution in [2.24, 2.45) is 16.7 Å². The van der Waals surface area contributed by atoms with E-state index >= 15 is 0 Å². The molecule has 5 nitrogen and oxygen atoms in total. The Morgan fingerprint density at radius 2 is 2.12 bits per heavy atom. The number of amidine groups is 1. The molecule has 6 heteroatoms. The Morgan fingerprint density at radius 1 is 1.41 bits per heavy atom. The van der Waals surface area contributed by atoms with E-state index in [4.69, 9.17) is 11.6 Å². The van der Waals surface area contributed by atoms with Crippen LogP contribution in [0.5, 0.6) is 0 Å². The molecule has 92 valence electrons. The fourth-order valence-corrected chi connectivity index (χ4v) is 1.62. The van der Waals surface area contributed by atoms with Crippen LogP contribution in [0.1, 0.15) is 11.1 Å². The highest BCUT2D eigenvalue weighted by molar-refractivity contribution is 8.14. The zero-order valence-electron chi connectivity index (χ0n) is 9.86. The SMILES string of the molecule is Cc1ccc(NC(=O)CSC(N)=NN)cc1C. The molecule has 0 aliphatic rings. The Kier molecular flexibility index (Phi) is 4.84. The first-order valence-electron chi connectivity index (χ1n) is 5.06. The van der Waals surface area contributed by atoms with Gasteiger partial charge in [0.2, 0.25) is 5.91 Å². The predicted molar refractivity (Wildman–Crippen MR) is 72.8 cm³/mol. The number of benzene rings is 1. The number of nitrogens with two attached hydrogens (primary N) is 2. The van der Waals surface area contributed by atoms with Gasteiger partial charge in [-0.2, -0.15) is 5.10 Å². The van der Waals surface area contributed by atoms with Crippen molar-refractivity contribution in [2.45, 2.75) is 13.8 Å². The van der Waals surface area contributed by atoms with Gasteiger partial charge < -0.3 is 16.9 Å². The number of rotatable bonds is 3. The summed E-state index contributed by atoms with van der Waals surface area (Å²) in [4.78, 5) is 11.5. The van der Waals surface area contributed by atoms with Gasteiger partial charge in [-0.05, 0) is 37.1 Å². The van der Waals surface area contributed by atoms with Crippen LogP contribution in [0, 0.1) is 13.8 Å². The van der Waals surface area contributed by atoms with Crippen LogP contribution in [0.25, 0.3) is 0 Å². The number of amides is 1. The van der Waals surface area contributed by atoms with Crippen molar-refractivity contribution in [3.05, 3.63) is 29.3 Å². The van der Waals surface area contributed by atoms with Gasteiger partial charge in [0.25, 0.3) is 0 Å². The molecule has 0 unspecified atom stereocenters. The largest absolute Gasteiger partial charge is 0.377 e. The third-order valence-electron chi connectivity index (χ3n) is 2.27. The number of carbonyl (C=O) groups excluding carboxylic acids is 1. The summed E-state index contributed by atoms with van der Waals surface area (Å²) < 4.78 is 0. The number of nitrogens with zero attached hydrogens (tertiary/aromatic N) is 1. The van der Waals surface area contributed by atoms with Crippen LogP contribution in [0.3, 0.4) is 0 Å². The Balaban J connectivity index is 2.53. The van der Waals surface area contributed by atoms with Crippen molar-refractivity contribution in [2.75, 3.05) is 11.1 Å². The van der Waals surface area contributed by atoms with Crippen molar-refractivity contribution >= 4 is 28.5 Å². The zero-order valence-corrected chi connectivity index (χ0v) is 10.7. The maximum absolute atomic E-state index is 11.5. The van der Waals surface area contributed by atoms with Crippen LogP contribution >= 0.6 is 11.8 Å². The summed E-state index contributed by atoms with van der Waals surface area (Å²) >= 11 is 1.10. The Labute approximate surface area is 105 Å². The average molecular weight is 252 g/mol. The second kappa shape index (κ2) is 6.15. The van der Waals surface area contributed by atoms with Crippen molar-refractivity contribution < 1.29 is 4.79 Å². The molecule has 1 rings (SSSR count). The molecule has 1 aromatic rings. The second-order valence-electron chi connectivity index (χ2n) is 3.60. The van der Waals surface area contributed by atoms with E-state index in [1.807, 2.05) is 32.0 Å². The number of aryl methyl sites for hydroxylation is 2. The first kappa shape index (κ1) is 13.4. The summed E-state index contributed by atoms with van der Waals surface area (Å²) in [6.45, 7) is 4.02. The predicted octanol–water partition coefficient (Wildman–Crippen LogP) is 1.16. The van der Waals surface area contributed by atoms with E-state index in [2.05, 4.69) is 10.4 Å². The number of hydrogen-bond donors (Lipinski definition) is 3. The van der Waals surface area contributed by atoms with E-state index in [1.165, 1.54) is 5.56 Å². The molecular weight excluding hydrogens is 236 g/mol. The number of hydrazone groups is 1. The standard InChI is InChI=1S/C11H16N4OS/c1-7-3-4-9(5-8(7)2)14-10(16)6-17-11(12)15-13/h3-5H,6,13H2,1-2H3,(H2,12,15)(H,14,16). The molecule has 0 aliphatic carbocycles. The molecule has 0 aromatic heterocycles.